The first-order valence-corrected chi connectivity index (χ1v) is 5.54. The number of rotatable bonds is 5. The first-order chi connectivity index (χ1) is 7.76. The minimum atomic E-state index is -0.0990. The van der Waals surface area contributed by atoms with Crippen LogP contribution < -0.4 is 5.32 Å². The molecule has 0 atom stereocenters. The molecular formula is C13H18N2O. The molecule has 0 bridgehead atoms. The molecule has 1 rings (SSSR count). The lowest BCUT2D eigenvalue weighted by Crippen LogP contribution is -2.17. The number of anilines is 1. The van der Waals surface area contributed by atoms with Crippen LogP contribution >= 0.6 is 0 Å². The fourth-order valence-electron chi connectivity index (χ4n) is 1.31. The van der Waals surface area contributed by atoms with E-state index in [1.54, 1.807) is 6.08 Å². The number of carbonyl (C=O) groups is 1. The maximum atomic E-state index is 11.5. The van der Waals surface area contributed by atoms with E-state index in [0.29, 0.717) is 0 Å². The number of nitrogens with one attached hydrogen (secondary N) is 1. The maximum Gasteiger partial charge on any atom is 0.249 e. The molecule has 0 heterocycles. The number of carbonyl (C=O) groups excluding carboxylic acids is 1. The highest BCUT2D eigenvalue weighted by atomic mass is 16.1. The Morgan fingerprint density at radius 2 is 1.88 bits per heavy atom. The van der Waals surface area contributed by atoms with Crippen LogP contribution in [0.1, 0.15) is 13.8 Å². The quantitative estimate of drug-likeness (QED) is 0.770. The van der Waals surface area contributed by atoms with Crippen molar-refractivity contribution in [2.24, 2.45) is 0 Å². The van der Waals surface area contributed by atoms with Crippen molar-refractivity contribution in [2.45, 2.75) is 13.8 Å². The Hall–Kier alpha value is -1.77. The molecule has 0 aromatic heterocycles. The smallest absolute Gasteiger partial charge is 0.249 e. The molecule has 0 aliphatic rings. The van der Waals surface area contributed by atoms with E-state index in [9.17, 15) is 4.79 Å². The molecule has 3 nitrogen and oxygen atoms in total. The number of nitrogens with zero attached hydrogens (tertiary/aromatic N) is 1. The second-order valence-corrected chi connectivity index (χ2v) is 3.39. The molecule has 1 amide bonds. The van der Waals surface area contributed by atoms with Gasteiger partial charge in [0.15, 0.2) is 0 Å². The summed E-state index contributed by atoms with van der Waals surface area (Å²) >= 11 is 0. The summed E-state index contributed by atoms with van der Waals surface area (Å²) in [6.45, 7) is 5.93. The third-order valence-electron chi connectivity index (χ3n) is 2.29. The second kappa shape index (κ2) is 6.67. The summed E-state index contributed by atoms with van der Waals surface area (Å²) in [5.41, 5.74) is 0.816. The van der Waals surface area contributed by atoms with E-state index >= 15 is 0 Å². The summed E-state index contributed by atoms with van der Waals surface area (Å²) in [6.07, 6.45) is 3.37. The molecular weight excluding hydrogens is 200 g/mol. The number of amides is 1. The molecule has 1 aromatic rings. The Morgan fingerprint density at radius 3 is 2.44 bits per heavy atom. The molecule has 0 saturated heterocycles. The third-order valence-corrected chi connectivity index (χ3v) is 2.29. The van der Waals surface area contributed by atoms with E-state index in [0.717, 1.165) is 18.8 Å². The van der Waals surface area contributed by atoms with Crippen LogP contribution in [-0.2, 0) is 4.79 Å². The Morgan fingerprint density at radius 1 is 1.25 bits per heavy atom. The SMILES string of the molecule is CCN(C=CC(=O)Nc1ccccc1)CC. The third kappa shape index (κ3) is 4.17. The van der Waals surface area contributed by atoms with Crippen molar-refractivity contribution in [1.82, 2.24) is 4.90 Å². The Kier molecular flexibility index (Phi) is 5.12. The van der Waals surface area contributed by atoms with Crippen molar-refractivity contribution in [3.05, 3.63) is 42.6 Å². The number of benzene rings is 1. The lowest BCUT2D eigenvalue weighted by atomic mass is 10.3. The molecule has 0 unspecified atom stereocenters. The normalized spacial score (nSPS) is 10.4. The molecule has 0 saturated carbocycles. The molecule has 0 fully saturated rings. The number of hydrogen-bond donors (Lipinski definition) is 1. The predicted octanol–water partition coefficient (Wildman–Crippen LogP) is 2.48. The summed E-state index contributed by atoms with van der Waals surface area (Å²) in [5.74, 6) is -0.0990. The van der Waals surface area contributed by atoms with Crippen LogP contribution in [0.2, 0.25) is 0 Å². The van der Waals surface area contributed by atoms with E-state index < -0.39 is 0 Å². The van der Waals surface area contributed by atoms with Gasteiger partial charge in [0.25, 0.3) is 0 Å². The van der Waals surface area contributed by atoms with Crippen LogP contribution in [0.5, 0.6) is 0 Å². The molecule has 0 aliphatic carbocycles. The van der Waals surface area contributed by atoms with Crippen molar-refractivity contribution in [3.8, 4) is 0 Å². The highest BCUT2D eigenvalue weighted by Crippen LogP contribution is 2.04. The Bertz CT molecular complexity index is 342. The minimum Gasteiger partial charge on any atom is -0.378 e. The van der Waals surface area contributed by atoms with Crippen molar-refractivity contribution in [3.63, 3.8) is 0 Å². The number of para-hydroxylation sites is 1. The summed E-state index contributed by atoms with van der Waals surface area (Å²) in [5, 5.41) is 2.79. The second-order valence-electron chi connectivity index (χ2n) is 3.39. The van der Waals surface area contributed by atoms with Gasteiger partial charge in [-0.25, -0.2) is 0 Å². The lowest BCUT2D eigenvalue weighted by Gasteiger charge is -2.14. The van der Waals surface area contributed by atoms with Crippen molar-refractivity contribution in [2.75, 3.05) is 18.4 Å². The van der Waals surface area contributed by atoms with Crippen LogP contribution in [-0.4, -0.2) is 23.9 Å². The van der Waals surface area contributed by atoms with E-state index in [1.807, 2.05) is 36.5 Å². The van der Waals surface area contributed by atoms with Gasteiger partial charge in [-0.05, 0) is 26.0 Å². The highest BCUT2D eigenvalue weighted by Gasteiger charge is 1.97. The zero-order valence-corrected chi connectivity index (χ0v) is 9.81. The average molecular weight is 218 g/mol. The van der Waals surface area contributed by atoms with Crippen molar-refractivity contribution < 1.29 is 4.79 Å². The van der Waals surface area contributed by atoms with Gasteiger partial charge >= 0.3 is 0 Å². The number of hydrogen-bond acceptors (Lipinski definition) is 2. The summed E-state index contributed by atoms with van der Waals surface area (Å²) in [6, 6.07) is 9.43. The zero-order valence-electron chi connectivity index (χ0n) is 9.81. The molecule has 1 N–H and O–H groups in total. The highest BCUT2D eigenvalue weighted by molar-refractivity contribution is 5.99. The van der Waals surface area contributed by atoms with Gasteiger partial charge in [-0.1, -0.05) is 18.2 Å². The Labute approximate surface area is 96.8 Å². The van der Waals surface area contributed by atoms with Gasteiger partial charge in [0, 0.05) is 31.1 Å². The average Bonchev–Trinajstić information content (AvgIpc) is 2.31. The topological polar surface area (TPSA) is 32.3 Å². The van der Waals surface area contributed by atoms with Crippen LogP contribution in [0.25, 0.3) is 0 Å². The first kappa shape index (κ1) is 12.3. The molecule has 0 spiro atoms. The van der Waals surface area contributed by atoms with Crippen molar-refractivity contribution >= 4 is 11.6 Å². The van der Waals surface area contributed by atoms with Gasteiger partial charge in [0.05, 0.1) is 0 Å². The van der Waals surface area contributed by atoms with Gasteiger partial charge in [0.1, 0.15) is 0 Å². The molecule has 0 aliphatic heterocycles. The van der Waals surface area contributed by atoms with Crippen LogP contribution in [0, 0.1) is 0 Å². The molecule has 1 aromatic carbocycles. The fraction of sp³-hybridized carbons (Fsp3) is 0.308. The van der Waals surface area contributed by atoms with Crippen molar-refractivity contribution in [1.29, 1.82) is 0 Å². The Balaban J connectivity index is 2.48. The van der Waals surface area contributed by atoms with Crippen LogP contribution in [0.4, 0.5) is 5.69 Å². The zero-order chi connectivity index (χ0) is 11.8. The van der Waals surface area contributed by atoms with E-state index in [2.05, 4.69) is 24.1 Å². The largest absolute Gasteiger partial charge is 0.378 e. The van der Waals surface area contributed by atoms with Gasteiger partial charge in [0.2, 0.25) is 5.91 Å². The maximum absolute atomic E-state index is 11.5. The van der Waals surface area contributed by atoms with Gasteiger partial charge in [-0.3, -0.25) is 4.79 Å². The van der Waals surface area contributed by atoms with E-state index in [-0.39, 0.29) is 5.91 Å². The molecule has 3 heteroatoms. The lowest BCUT2D eigenvalue weighted by molar-refractivity contribution is -0.112. The summed E-state index contributed by atoms with van der Waals surface area (Å²) in [4.78, 5) is 13.6. The predicted molar refractivity (Wildman–Crippen MR) is 67.1 cm³/mol. The summed E-state index contributed by atoms with van der Waals surface area (Å²) in [7, 11) is 0. The standard InChI is InChI=1S/C13H18N2O/c1-3-15(4-2)11-10-13(16)14-12-8-6-5-7-9-12/h5-11H,3-4H2,1-2H3,(H,14,16). The first-order valence-electron chi connectivity index (χ1n) is 5.54. The van der Waals surface area contributed by atoms with Crippen LogP contribution in [0.15, 0.2) is 42.6 Å². The monoisotopic (exact) mass is 218 g/mol. The molecule has 16 heavy (non-hydrogen) atoms. The summed E-state index contributed by atoms with van der Waals surface area (Å²) < 4.78 is 0. The van der Waals surface area contributed by atoms with Gasteiger partial charge in [-0.2, -0.15) is 0 Å². The van der Waals surface area contributed by atoms with E-state index in [4.69, 9.17) is 0 Å². The fourth-order valence-corrected chi connectivity index (χ4v) is 1.31. The minimum absolute atomic E-state index is 0.0990. The van der Waals surface area contributed by atoms with Gasteiger partial charge in [-0.15, -0.1) is 0 Å². The molecule has 0 radical (unpaired) electrons. The van der Waals surface area contributed by atoms with Gasteiger partial charge < -0.3 is 10.2 Å². The van der Waals surface area contributed by atoms with Crippen LogP contribution in [0.3, 0.4) is 0 Å². The van der Waals surface area contributed by atoms with E-state index in [1.165, 1.54) is 0 Å². The molecule has 86 valence electrons.